The predicted octanol–water partition coefficient (Wildman–Crippen LogP) is -1.13. The van der Waals surface area contributed by atoms with E-state index >= 15 is 0 Å². The predicted molar refractivity (Wildman–Crippen MR) is 43.0 cm³/mol. The molecule has 0 saturated carbocycles. The Hall–Kier alpha value is -0.310. The first kappa shape index (κ1) is 11.7. The Labute approximate surface area is 95.7 Å². The van der Waals surface area contributed by atoms with Gasteiger partial charge in [-0.2, -0.15) is 0 Å². The molecule has 0 spiro atoms. The second-order valence-electron chi connectivity index (χ2n) is 2.27. The normalized spacial score (nSPS) is 8.42. The second kappa shape index (κ2) is 6.23. The average molecular weight is 174 g/mol. The number of carbonyl (C=O) groups excluding carboxylic acids is 1. The Morgan fingerprint density at radius 1 is 1.42 bits per heavy atom. The van der Waals surface area contributed by atoms with E-state index in [2.05, 4.69) is 0 Å². The Morgan fingerprint density at radius 3 is 2.50 bits per heavy atom. The van der Waals surface area contributed by atoms with Crippen LogP contribution in [-0.4, -0.2) is 5.97 Å². The van der Waals surface area contributed by atoms with Crippen molar-refractivity contribution < 1.29 is 40.5 Å². The molecule has 0 aliphatic carbocycles. The summed E-state index contributed by atoms with van der Waals surface area (Å²) in [6.45, 7) is 1.78. The van der Waals surface area contributed by atoms with Gasteiger partial charge in [0.25, 0.3) is 0 Å². The van der Waals surface area contributed by atoms with Gasteiger partial charge in [0.15, 0.2) is 0 Å². The summed E-state index contributed by atoms with van der Waals surface area (Å²) in [5.41, 5.74) is 1.02. The molecule has 0 atom stereocenters. The average Bonchev–Trinajstić information content (AvgIpc) is 2.03. The van der Waals surface area contributed by atoms with E-state index in [1.807, 2.05) is 30.3 Å². The molecule has 0 fully saturated rings. The van der Waals surface area contributed by atoms with Crippen molar-refractivity contribution in [1.82, 2.24) is 0 Å². The maximum Gasteiger partial charge on any atom is 1.00 e. The van der Waals surface area contributed by atoms with Crippen molar-refractivity contribution in [2.24, 2.45) is 0 Å². The number of ether oxygens (including phenoxy) is 1. The zero-order chi connectivity index (χ0) is 8.10. The Balaban J connectivity index is 0. The molecule has 0 amide bonds. The molecule has 0 N–H and O–H groups in total. The first-order valence-electron chi connectivity index (χ1n) is 3.46. The monoisotopic (exact) mass is 174 g/mol. The van der Waals surface area contributed by atoms with Gasteiger partial charge in [0.1, 0.15) is 6.61 Å². The standard InChI is InChI=1S/C9H10O2.Na.H/c1-8(10)11-7-9-5-3-2-4-6-9;;/h2-6H,7H2,1H3;;/q;+1;-1. The van der Waals surface area contributed by atoms with Crippen molar-refractivity contribution in [2.75, 3.05) is 0 Å². The van der Waals surface area contributed by atoms with E-state index in [0.717, 1.165) is 5.56 Å². The van der Waals surface area contributed by atoms with Gasteiger partial charge < -0.3 is 6.16 Å². The summed E-state index contributed by atoms with van der Waals surface area (Å²) >= 11 is 0. The van der Waals surface area contributed by atoms with Crippen LogP contribution in [0.1, 0.15) is 13.9 Å². The molecule has 0 aromatic heterocycles. The number of hydrogen-bond acceptors (Lipinski definition) is 2. The van der Waals surface area contributed by atoms with Gasteiger partial charge in [-0.25, -0.2) is 0 Å². The van der Waals surface area contributed by atoms with Crippen LogP contribution >= 0.6 is 0 Å². The summed E-state index contributed by atoms with van der Waals surface area (Å²) in [5.74, 6) is -0.242. The quantitative estimate of drug-likeness (QED) is 0.419. The van der Waals surface area contributed by atoms with Gasteiger partial charge in [0.2, 0.25) is 0 Å². The summed E-state index contributed by atoms with van der Waals surface area (Å²) in [5, 5.41) is 0. The van der Waals surface area contributed by atoms with Crippen molar-refractivity contribution in [3.63, 3.8) is 0 Å². The minimum Gasteiger partial charge on any atom is -1.00 e. The van der Waals surface area contributed by atoms with Crippen molar-refractivity contribution >= 4 is 5.97 Å². The first-order valence-corrected chi connectivity index (χ1v) is 3.46. The summed E-state index contributed by atoms with van der Waals surface area (Å²) in [6.07, 6.45) is 0. The van der Waals surface area contributed by atoms with Crippen LogP contribution in [-0.2, 0) is 16.1 Å². The third kappa shape index (κ3) is 4.54. The molecule has 3 heteroatoms. The SMILES string of the molecule is CC(=O)OCc1ccccc1.[H-].[Na+]. The van der Waals surface area contributed by atoms with Crippen molar-refractivity contribution in [1.29, 1.82) is 0 Å². The topological polar surface area (TPSA) is 26.3 Å². The van der Waals surface area contributed by atoms with Crippen LogP contribution < -0.4 is 29.6 Å². The number of benzene rings is 1. The number of esters is 1. The van der Waals surface area contributed by atoms with Crippen LogP contribution in [0.4, 0.5) is 0 Å². The molecule has 0 heterocycles. The molecular formula is C9H11NaO2. The fourth-order valence-electron chi connectivity index (χ4n) is 0.759. The van der Waals surface area contributed by atoms with Crippen LogP contribution in [0, 0.1) is 0 Å². The van der Waals surface area contributed by atoms with E-state index in [0.29, 0.717) is 6.61 Å². The first-order chi connectivity index (χ1) is 5.29. The van der Waals surface area contributed by atoms with Crippen LogP contribution in [0.15, 0.2) is 30.3 Å². The Kier molecular flexibility index (Phi) is 6.07. The molecular weight excluding hydrogens is 163 g/mol. The van der Waals surface area contributed by atoms with Gasteiger partial charge in [0.05, 0.1) is 0 Å². The maximum atomic E-state index is 10.4. The minimum atomic E-state index is -0.242. The van der Waals surface area contributed by atoms with Gasteiger partial charge in [-0.1, -0.05) is 30.3 Å². The smallest absolute Gasteiger partial charge is 1.00 e. The van der Waals surface area contributed by atoms with Gasteiger partial charge in [-0.15, -0.1) is 0 Å². The largest absolute Gasteiger partial charge is 1.00 e. The fourth-order valence-corrected chi connectivity index (χ4v) is 0.759. The molecule has 1 rings (SSSR count). The Morgan fingerprint density at radius 2 is 2.00 bits per heavy atom. The molecule has 2 nitrogen and oxygen atoms in total. The molecule has 0 radical (unpaired) electrons. The van der Waals surface area contributed by atoms with Crippen LogP contribution in [0.5, 0.6) is 0 Å². The number of carbonyl (C=O) groups is 1. The molecule has 0 aliphatic rings. The summed E-state index contributed by atoms with van der Waals surface area (Å²) in [6, 6.07) is 9.60. The van der Waals surface area contributed by atoms with Crippen LogP contribution in [0.25, 0.3) is 0 Å². The van der Waals surface area contributed by atoms with E-state index in [1.54, 1.807) is 0 Å². The summed E-state index contributed by atoms with van der Waals surface area (Å²) in [7, 11) is 0. The zero-order valence-electron chi connectivity index (χ0n) is 8.41. The molecule has 60 valence electrons. The fraction of sp³-hybridized carbons (Fsp3) is 0.222. The van der Waals surface area contributed by atoms with Crippen LogP contribution in [0.3, 0.4) is 0 Å². The summed E-state index contributed by atoms with van der Waals surface area (Å²) < 4.78 is 4.79. The van der Waals surface area contributed by atoms with Gasteiger partial charge in [-0.05, 0) is 5.56 Å². The third-order valence-electron chi connectivity index (χ3n) is 1.28. The Bertz CT molecular complexity index is 239. The maximum absolute atomic E-state index is 10.4. The van der Waals surface area contributed by atoms with Crippen LogP contribution in [0.2, 0.25) is 0 Å². The molecule has 12 heavy (non-hydrogen) atoms. The van der Waals surface area contributed by atoms with Gasteiger partial charge in [0, 0.05) is 6.92 Å². The summed E-state index contributed by atoms with van der Waals surface area (Å²) in [4.78, 5) is 10.4. The molecule has 1 aromatic carbocycles. The zero-order valence-corrected chi connectivity index (χ0v) is 9.41. The minimum absolute atomic E-state index is 0. The van der Waals surface area contributed by atoms with Crippen molar-refractivity contribution in [2.45, 2.75) is 13.5 Å². The van der Waals surface area contributed by atoms with E-state index in [4.69, 9.17) is 4.74 Å². The number of rotatable bonds is 2. The van der Waals surface area contributed by atoms with Gasteiger partial charge in [-0.3, -0.25) is 4.79 Å². The third-order valence-corrected chi connectivity index (χ3v) is 1.28. The second-order valence-corrected chi connectivity index (χ2v) is 2.27. The van der Waals surface area contributed by atoms with Crippen molar-refractivity contribution in [3.8, 4) is 0 Å². The molecule has 1 aromatic rings. The number of hydrogen-bond donors (Lipinski definition) is 0. The molecule has 0 bridgehead atoms. The molecule has 0 unspecified atom stereocenters. The van der Waals surface area contributed by atoms with E-state index in [9.17, 15) is 4.79 Å². The van der Waals surface area contributed by atoms with E-state index in [-0.39, 0.29) is 37.0 Å². The van der Waals surface area contributed by atoms with Gasteiger partial charge >= 0.3 is 35.5 Å². The van der Waals surface area contributed by atoms with E-state index in [1.165, 1.54) is 6.92 Å². The van der Waals surface area contributed by atoms with Crippen molar-refractivity contribution in [3.05, 3.63) is 35.9 Å². The molecule has 0 aliphatic heterocycles. The molecule has 0 saturated heterocycles. The van der Waals surface area contributed by atoms with E-state index < -0.39 is 0 Å².